The molecule has 0 saturated heterocycles. The van der Waals surface area contributed by atoms with E-state index in [9.17, 15) is 4.39 Å². The van der Waals surface area contributed by atoms with E-state index in [-0.39, 0.29) is 5.82 Å². The summed E-state index contributed by atoms with van der Waals surface area (Å²) in [7, 11) is 0. The molecule has 2 nitrogen and oxygen atoms in total. The van der Waals surface area contributed by atoms with Crippen LogP contribution >= 0.6 is 0 Å². The van der Waals surface area contributed by atoms with Gasteiger partial charge in [-0.3, -0.25) is 4.90 Å². The third-order valence-corrected chi connectivity index (χ3v) is 2.94. The average molecular weight is 204 g/mol. The van der Waals surface area contributed by atoms with Gasteiger partial charge in [0.1, 0.15) is 5.82 Å². The number of hydrogen-bond donors (Lipinski definition) is 0. The van der Waals surface area contributed by atoms with E-state index in [4.69, 9.17) is 5.26 Å². The Morgan fingerprint density at radius 1 is 1.53 bits per heavy atom. The Morgan fingerprint density at radius 3 is 3.00 bits per heavy atom. The summed E-state index contributed by atoms with van der Waals surface area (Å²) in [6.45, 7) is 4.65. The molecule has 1 aromatic rings. The van der Waals surface area contributed by atoms with E-state index in [2.05, 4.69) is 11.8 Å². The molecule has 15 heavy (non-hydrogen) atoms. The molecule has 0 unspecified atom stereocenters. The summed E-state index contributed by atoms with van der Waals surface area (Å²) in [4.78, 5) is 2.21. The fourth-order valence-corrected chi connectivity index (χ4v) is 2.01. The van der Waals surface area contributed by atoms with Crippen molar-refractivity contribution in [2.75, 3.05) is 13.1 Å². The largest absolute Gasteiger partial charge is 0.299 e. The summed E-state index contributed by atoms with van der Waals surface area (Å²) in [5.74, 6) is -0.234. The summed E-state index contributed by atoms with van der Waals surface area (Å²) in [5.41, 5.74) is 2.19. The summed E-state index contributed by atoms with van der Waals surface area (Å²) in [5, 5.41) is 8.73. The highest BCUT2D eigenvalue weighted by atomic mass is 19.1. The molecule has 0 saturated carbocycles. The van der Waals surface area contributed by atoms with Crippen LogP contribution in [0.5, 0.6) is 0 Å². The van der Waals surface area contributed by atoms with Crippen LogP contribution in [0.4, 0.5) is 4.39 Å². The Labute approximate surface area is 88.9 Å². The van der Waals surface area contributed by atoms with Gasteiger partial charge in [0.05, 0.1) is 11.6 Å². The lowest BCUT2D eigenvalue weighted by Gasteiger charge is -2.27. The maximum absolute atomic E-state index is 13.7. The summed E-state index contributed by atoms with van der Waals surface area (Å²) in [6, 6.07) is 5.13. The first-order chi connectivity index (χ1) is 7.24. The maximum Gasteiger partial charge on any atom is 0.129 e. The van der Waals surface area contributed by atoms with Crippen LogP contribution in [0.1, 0.15) is 23.6 Å². The maximum atomic E-state index is 13.7. The molecule has 0 N–H and O–H groups in total. The number of benzene rings is 1. The van der Waals surface area contributed by atoms with Gasteiger partial charge in [0.25, 0.3) is 0 Å². The van der Waals surface area contributed by atoms with Crippen LogP contribution in [0.25, 0.3) is 0 Å². The van der Waals surface area contributed by atoms with Crippen molar-refractivity contribution in [3.05, 3.63) is 34.6 Å². The van der Waals surface area contributed by atoms with E-state index in [0.717, 1.165) is 30.6 Å². The Kier molecular flexibility index (Phi) is 2.70. The van der Waals surface area contributed by atoms with Gasteiger partial charge in [-0.25, -0.2) is 4.39 Å². The third-order valence-electron chi connectivity index (χ3n) is 2.94. The van der Waals surface area contributed by atoms with Crippen molar-refractivity contribution in [3.8, 4) is 6.07 Å². The van der Waals surface area contributed by atoms with Crippen molar-refractivity contribution in [3.63, 3.8) is 0 Å². The minimum Gasteiger partial charge on any atom is -0.299 e. The highest BCUT2D eigenvalue weighted by Crippen LogP contribution is 2.23. The predicted octanol–water partition coefficient (Wildman–Crippen LogP) is 2.08. The number of rotatable bonds is 1. The van der Waals surface area contributed by atoms with Gasteiger partial charge in [-0.05, 0) is 30.7 Å². The van der Waals surface area contributed by atoms with Crippen molar-refractivity contribution in [1.82, 2.24) is 4.90 Å². The molecule has 1 aliphatic heterocycles. The van der Waals surface area contributed by atoms with Crippen LogP contribution in [0.2, 0.25) is 0 Å². The second kappa shape index (κ2) is 4.00. The van der Waals surface area contributed by atoms with Crippen molar-refractivity contribution in [2.24, 2.45) is 0 Å². The highest BCUT2D eigenvalue weighted by molar-refractivity contribution is 5.40. The molecule has 1 aliphatic rings. The molecular formula is C12H13FN2. The van der Waals surface area contributed by atoms with Gasteiger partial charge in [0.15, 0.2) is 0 Å². The third kappa shape index (κ3) is 1.86. The Bertz CT molecular complexity index is 420. The Morgan fingerprint density at radius 2 is 2.33 bits per heavy atom. The van der Waals surface area contributed by atoms with E-state index in [1.54, 1.807) is 0 Å². The second-order valence-electron chi connectivity index (χ2n) is 3.83. The number of likely N-dealkylation sites (N-methyl/N-ethyl adjacent to an activating group) is 1. The van der Waals surface area contributed by atoms with E-state index >= 15 is 0 Å². The number of fused-ring (bicyclic) bond motifs is 1. The topological polar surface area (TPSA) is 27.0 Å². The van der Waals surface area contributed by atoms with Crippen LogP contribution in [0.15, 0.2) is 12.1 Å². The van der Waals surface area contributed by atoms with Gasteiger partial charge in [-0.2, -0.15) is 5.26 Å². The van der Waals surface area contributed by atoms with E-state index in [0.29, 0.717) is 12.1 Å². The molecule has 0 aromatic heterocycles. The number of halogens is 1. The lowest BCUT2D eigenvalue weighted by atomic mass is 9.97. The van der Waals surface area contributed by atoms with E-state index < -0.39 is 0 Å². The van der Waals surface area contributed by atoms with Crippen molar-refractivity contribution in [2.45, 2.75) is 19.9 Å². The molecule has 2 rings (SSSR count). The van der Waals surface area contributed by atoms with Gasteiger partial charge < -0.3 is 0 Å². The smallest absolute Gasteiger partial charge is 0.129 e. The highest BCUT2D eigenvalue weighted by Gasteiger charge is 2.18. The minimum absolute atomic E-state index is 0.234. The Balaban J connectivity index is 2.40. The van der Waals surface area contributed by atoms with Gasteiger partial charge in [0.2, 0.25) is 0 Å². The standard InChI is InChI=1S/C12H13FN2/c1-2-15-4-3-10-5-9(7-14)6-12(13)11(10)8-15/h5-6H,2-4,8H2,1H3. The Hall–Kier alpha value is -1.40. The van der Waals surface area contributed by atoms with Gasteiger partial charge in [0, 0.05) is 18.7 Å². The monoisotopic (exact) mass is 204 g/mol. The second-order valence-corrected chi connectivity index (χ2v) is 3.83. The SMILES string of the molecule is CCN1CCc2cc(C#N)cc(F)c2C1. The number of hydrogen-bond acceptors (Lipinski definition) is 2. The molecule has 78 valence electrons. The van der Waals surface area contributed by atoms with Gasteiger partial charge >= 0.3 is 0 Å². The van der Waals surface area contributed by atoms with E-state index in [1.807, 2.05) is 12.1 Å². The lowest BCUT2D eigenvalue weighted by molar-refractivity contribution is 0.263. The molecule has 0 aliphatic carbocycles. The normalized spacial score (nSPS) is 15.8. The van der Waals surface area contributed by atoms with Crippen molar-refractivity contribution in [1.29, 1.82) is 5.26 Å². The quantitative estimate of drug-likeness (QED) is 0.700. The summed E-state index contributed by atoms with van der Waals surface area (Å²) >= 11 is 0. The molecule has 0 spiro atoms. The van der Waals surface area contributed by atoms with Crippen LogP contribution in [0.3, 0.4) is 0 Å². The van der Waals surface area contributed by atoms with E-state index in [1.165, 1.54) is 6.07 Å². The molecular weight excluding hydrogens is 191 g/mol. The zero-order valence-corrected chi connectivity index (χ0v) is 8.76. The number of nitrogens with zero attached hydrogens (tertiary/aromatic N) is 2. The van der Waals surface area contributed by atoms with Gasteiger partial charge in [-0.1, -0.05) is 6.92 Å². The van der Waals surface area contributed by atoms with Crippen LogP contribution in [-0.4, -0.2) is 18.0 Å². The molecule has 1 aromatic carbocycles. The first kappa shape index (κ1) is 10.1. The lowest BCUT2D eigenvalue weighted by Crippen LogP contribution is -2.31. The van der Waals surface area contributed by atoms with Crippen molar-refractivity contribution >= 4 is 0 Å². The molecule has 0 atom stereocenters. The fourth-order valence-electron chi connectivity index (χ4n) is 2.01. The van der Waals surface area contributed by atoms with Crippen LogP contribution < -0.4 is 0 Å². The summed E-state index contributed by atoms with van der Waals surface area (Å²) in [6.07, 6.45) is 0.843. The van der Waals surface area contributed by atoms with Crippen LogP contribution in [-0.2, 0) is 13.0 Å². The van der Waals surface area contributed by atoms with Crippen molar-refractivity contribution < 1.29 is 4.39 Å². The first-order valence-corrected chi connectivity index (χ1v) is 5.18. The first-order valence-electron chi connectivity index (χ1n) is 5.18. The molecule has 1 heterocycles. The minimum atomic E-state index is -0.234. The van der Waals surface area contributed by atoms with Crippen LogP contribution in [0, 0.1) is 17.1 Å². The zero-order chi connectivity index (χ0) is 10.8. The molecule has 0 fully saturated rings. The van der Waals surface area contributed by atoms with Gasteiger partial charge in [-0.15, -0.1) is 0 Å². The molecule has 0 amide bonds. The predicted molar refractivity (Wildman–Crippen MR) is 55.8 cm³/mol. The molecule has 3 heteroatoms. The average Bonchev–Trinajstić information content (AvgIpc) is 2.28. The summed E-state index contributed by atoms with van der Waals surface area (Å²) < 4.78 is 13.7. The zero-order valence-electron chi connectivity index (χ0n) is 8.76. The molecule has 0 radical (unpaired) electrons. The fraction of sp³-hybridized carbons (Fsp3) is 0.417. The molecule has 0 bridgehead atoms. The number of nitriles is 1.